The molecular formula is C27H23N7O4. The topological polar surface area (TPSA) is 151 Å². The van der Waals surface area contributed by atoms with Gasteiger partial charge in [-0.05, 0) is 36.2 Å². The van der Waals surface area contributed by atoms with E-state index in [4.69, 9.17) is 10.5 Å². The lowest BCUT2D eigenvalue weighted by Gasteiger charge is -2.06. The first kappa shape index (κ1) is 24.4. The fourth-order valence-corrected chi connectivity index (χ4v) is 4.03. The third-order valence-corrected chi connectivity index (χ3v) is 5.96. The van der Waals surface area contributed by atoms with Crippen LogP contribution in [0.15, 0.2) is 77.9 Å². The Balaban J connectivity index is 1.49. The van der Waals surface area contributed by atoms with Crippen LogP contribution in [0, 0.1) is 10.1 Å². The van der Waals surface area contributed by atoms with Crippen LogP contribution < -0.4 is 15.8 Å². The first-order valence-corrected chi connectivity index (χ1v) is 11.7. The van der Waals surface area contributed by atoms with Gasteiger partial charge in [0, 0.05) is 24.2 Å². The van der Waals surface area contributed by atoms with Crippen molar-refractivity contribution in [3.05, 3.63) is 99.6 Å². The van der Waals surface area contributed by atoms with E-state index >= 15 is 0 Å². The summed E-state index contributed by atoms with van der Waals surface area (Å²) in [6.45, 7) is 0.370. The van der Waals surface area contributed by atoms with Gasteiger partial charge in [-0.2, -0.15) is 9.78 Å². The van der Waals surface area contributed by atoms with E-state index in [1.54, 1.807) is 31.4 Å². The lowest BCUT2D eigenvalue weighted by Crippen LogP contribution is -2.26. The van der Waals surface area contributed by atoms with Crippen LogP contribution in [0.4, 0.5) is 11.5 Å². The zero-order chi connectivity index (χ0) is 26.6. The van der Waals surface area contributed by atoms with Gasteiger partial charge in [0.05, 0.1) is 29.3 Å². The van der Waals surface area contributed by atoms with Gasteiger partial charge in [-0.1, -0.05) is 36.4 Å². The standard InChI is InChI=1S/C27H23N7O4/c1-38-20-11-9-17(10-12-20)13-14-29-27(35)23-24-26(32-22-8-3-2-7-21(22)31-24)33(25(23)28)30-16-18-5-4-6-19(15-18)34(36)37/h2-12,15-16H,13-14,28H2,1H3,(H,29,35)/b30-16+. The highest BCUT2D eigenvalue weighted by atomic mass is 16.6. The van der Waals surface area contributed by atoms with Gasteiger partial charge in [-0.25, -0.2) is 9.97 Å². The third-order valence-electron chi connectivity index (χ3n) is 5.96. The molecule has 0 aliphatic rings. The molecule has 0 radical (unpaired) electrons. The average molecular weight is 510 g/mol. The minimum Gasteiger partial charge on any atom is -0.497 e. The van der Waals surface area contributed by atoms with Gasteiger partial charge in [0.2, 0.25) is 0 Å². The van der Waals surface area contributed by atoms with Gasteiger partial charge in [0.15, 0.2) is 5.65 Å². The van der Waals surface area contributed by atoms with Crippen molar-refractivity contribution in [2.24, 2.45) is 5.10 Å². The SMILES string of the molecule is COc1ccc(CCNC(=O)c2c(N)n(/N=C/c3cccc([N+](=O)[O-])c3)c3nc4ccccc4nc23)cc1. The Morgan fingerprint density at radius 1 is 1.11 bits per heavy atom. The molecule has 0 bridgehead atoms. The number of nitrogens with zero attached hydrogens (tertiary/aromatic N) is 5. The highest BCUT2D eigenvalue weighted by molar-refractivity contribution is 6.10. The van der Waals surface area contributed by atoms with Crippen LogP contribution in [0.2, 0.25) is 0 Å². The third kappa shape index (κ3) is 4.85. The number of anilines is 1. The number of carbonyl (C=O) groups is 1. The summed E-state index contributed by atoms with van der Waals surface area (Å²) in [5.74, 6) is 0.406. The van der Waals surface area contributed by atoms with Gasteiger partial charge >= 0.3 is 0 Å². The van der Waals surface area contributed by atoms with Crippen molar-refractivity contribution in [1.82, 2.24) is 20.0 Å². The van der Waals surface area contributed by atoms with Crippen molar-refractivity contribution >= 4 is 45.8 Å². The maximum atomic E-state index is 13.3. The number of hydrogen-bond acceptors (Lipinski definition) is 8. The number of para-hydroxylation sites is 2. The first-order chi connectivity index (χ1) is 18.4. The number of rotatable bonds is 8. The summed E-state index contributed by atoms with van der Waals surface area (Å²) in [5.41, 5.74) is 9.84. The first-order valence-electron chi connectivity index (χ1n) is 11.7. The summed E-state index contributed by atoms with van der Waals surface area (Å²) in [4.78, 5) is 33.3. The van der Waals surface area contributed by atoms with Crippen molar-refractivity contribution in [2.45, 2.75) is 6.42 Å². The van der Waals surface area contributed by atoms with Crippen LogP contribution in [0.1, 0.15) is 21.5 Å². The van der Waals surface area contributed by atoms with E-state index in [9.17, 15) is 14.9 Å². The Morgan fingerprint density at radius 2 is 1.84 bits per heavy atom. The zero-order valence-electron chi connectivity index (χ0n) is 20.4. The van der Waals surface area contributed by atoms with E-state index in [1.807, 2.05) is 36.4 Å². The lowest BCUT2D eigenvalue weighted by atomic mass is 10.1. The van der Waals surface area contributed by atoms with Gasteiger partial charge in [0.1, 0.15) is 22.6 Å². The molecule has 2 heterocycles. The number of benzene rings is 3. The molecule has 5 aromatic rings. The fraction of sp³-hybridized carbons (Fsp3) is 0.111. The molecule has 0 saturated heterocycles. The summed E-state index contributed by atoms with van der Waals surface area (Å²) < 4.78 is 6.51. The number of carbonyl (C=O) groups excluding carboxylic acids is 1. The predicted octanol–water partition coefficient (Wildman–Crippen LogP) is 3.94. The maximum absolute atomic E-state index is 13.3. The smallest absolute Gasteiger partial charge is 0.270 e. The van der Waals surface area contributed by atoms with E-state index in [2.05, 4.69) is 20.4 Å². The number of nitrogens with one attached hydrogen (secondary N) is 1. The monoisotopic (exact) mass is 509 g/mol. The Kier molecular flexibility index (Phi) is 6.64. The number of methoxy groups -OCH3 is 1. The fourth-order valence-electron chi connectivity index (χ4n) is 4.03. The zero-order valence-corrected chi connectivity index (χ0v) is 20.4. The maximum Gasteiger partial charge on any atom is 0.270 e. The molecule has 11 nitrogen and oxygen atoms in total. The number of nitro benzene ring substituents is 1. The number of fused-ring (bicyclic) bond motifs is 2. The van der Waals surface area contributed by atoms with E-state index in [0.29, 0.717) is 40.7 Å². The molecule has 5 rings (SSSR count). The van der Waals surface area contributed by atoms with Gasteiger partial charge in [-0.15, -0.1) is 0 Å². The predicted molar refractivity (Wildman–Crippen MR) is 145 cm³/mol. The Bertz CT molecular complexity index is 1690. The molecule has 0 saturated carbocycles. The lowest BCUT2D eigenvalue weighted by molar-refractivity contribution is -0.384. The Morgan fingerprint density at radius 3 is 2.55 bits per heavy atom. The molecule has 3 aromatic carbocycles. The molecule has 0 fully saturated rings. The molecule has 1 amide bonds. The molecule has 2 aromatic heterocycles. The van der Waals surface area contributed by atoms with E-state index in [1.165, 1.54) is 23.0 Å². The number of non-ortho nitro benzene ring substituents is 1. The number of nitrogens with two attached hydrogens (primary N) is 1. The van der Waals surface area contributed by atoms with Crippen LogP contribution in [0.5, 0.6) is 5.75 Å². The molecule has 0 unspecified atom stereocenters. The van der Waals surface area contributed by atoms with Gasteiger partial charge in [-0.3, -0.25) is 14.9 Å². The largest absolute Gasteiger partial charge is 0.497 e. The van der Waals surface area contributed by atoms with Crippen molar-refractivity contribution in [3.63, 3.8) is 0 Å². The molecular weight excluding hydrogens is 486 g/mol. The quantitative estimate of drug-likeness (QED) is 0.183. The van der Waals surface area contributed by atoms with Crippen molar-refractivity contribution < 1.29 is 14.5 Å². The second kappa shape index (κ2) is 10.3. The number of nitro groups is 1. The van der Waals surface area contributed by atoms with Crippen LogP contribution in [0.25, 0.3) is 22.2 Å². The highest BCUT2D eigenvalue weighted by Gasteiger charge is 2.24. The number of ether oxygens (including phenoxy) is 1. The Hall–Kier alpha value is -5.32. The molecule has 0 atom stereocenters. The van der Waals surface area contributed by atoms with Crippen LogP contribution in [0.3, 0.4) is 0 Å². The minimum atomic E-state index is -0.483. The van der Waals surface area contributed by atoms with Crippen LogP contribution in [-0.4, -0.2) is 45.3 Å². The number of amides is 1. The van der Waals surface area contributed by atoms with Crippen molar-refractivity contribution in [1.29, 1.82) is 0 Å². The van der Waals surface area contributed by atoms with E-state index in [-0.39, 0.29) is 17.1 Å². The van der Waals surface area contributed by atoms with Gasteiger partial charge in [0.25, 0.3) is 11.6 Å². The number of nitrogen functional groups attached to an aromatic ring is 1. The molecule has 3 N–H and O–H groups in total. The van der Waals surface area contributed by atoms with Crippen molar-refractivity contribution in [3.8, 4) is 5.75 Å². The number of aromatic nitrogens is 3. The van der Waals surface area contributed by atoms with Crippen LogP contribution in [-0.2, 0) is 6.42 Å². The normalized spacial score (nSPS) is 11.3. The minimum absolute atomic E-state index is 0.0546. The summed E-state index contributed by atoms with van der Waals surface area (Å²) in [6, 6.07) is 20.9. The van der Waals surface area contributed by atoms with Crippen molar-refractivity contribution in [2.75, 3.05) is 19.4 Å². The molecule has 38 heavy (non-hydrogen) atoms. The highest BCUT2D eigenvalue weighted by Crippen LogP contribution is 2.28. The Labute approximate surface area is 216 Å². The molecule has 190 valence electrons. The second-order valence-electron chi connectivity index (χ2n) is 8.41. The average Bonchev–Trinajstić information content (AvgIpc) is 3.20. The summed E-state index contributed by atoms with van der Waals surface area (Å²) >= 11 is 0. The molecule has 0 aliphatic carbocycles. The summed E-state index contributed by atoms with van der Waals surface area (Å²) in [7, 11) is 1.61. The second-order valence-corrected chi connectivity index (χ2v) is 8.41. The van der Waals surface area contributed by atoms with Gasteiger partial charge < -0.3 is 15.8 Å². The summed E-state index contributed by atoms with van der Waals surface area (Å²) in [6.07, 6.45) is 2.03. The van der Waals surface area contributed by atoms with E-state index < -0.39 is 10.8 Å². The molecule has 0 spiro atoms. The van der Waals surface area contributed by atoms with Crippen LogP contribution >= 0.6 is 0 Å². The molecule has 0 aliphatic heterocycles. The number of hydrogen-bond donors (Lipinski definition) is 2. The van der Waals surface area contributed by atoms with E-state index in [0.717, 1.165) is 11.3 Å². The molecule has 11 heteroatoms. The summed E-state index contributed by atoms with van der Waals surface area (Å²) in [5, 5.41) is 18.4.